The second kappa shape index (κ2) is 5.06. The van der Waals surface area contributed by atoms with Gasteiger partial charge < -0.3 is 15.0 Å². The van der Waals surface area contributed by atoms with Crippen LogP contribution in [0.15, 0.2) is 0 Å². The summed E-state index contributed by atoms with van der Waals surface area (Å²) in [5.74, 6) is 2.48. The fourth-order valence-corrected chi connectivity index (χ4v) is 3.22. The van der Waals surface area contributed by atoms with Crippen LogP contribution in [0.1, 0.15) is 27.2 Å². The quantitative estimate of drug-likeness (QED) is 0.818. The number of amides is 1. The molecular weight excluding hydrogens is 236 g/mol. The molecule has 0 aliphatic carbocycles. The highest BCUT2D eigenvalue weighted by Crippen LogP contribution is 2.20. The Morgan fingerprint density at radius 3 is 2.59 bits per heavy atom. The zero-order chi connectivity index (χ0) is 12.5. The molecule has 0 spiro atoms. The third-order valence-electron chi connectivity index (χ3n) is 2.93. The van der Waals surface area contributed by atoms with Crippen LogP contribution >= 0.6 is 11.8 Å². The number of ether oxygens (including phenoxy) is 1. The first-order valence-electron chi connectivity index (χ1n) is 6.26. The van der Waals surface area contributed by atoms with E-state index in [1.165, 1.54) is 17.9 Å². The lowest BCUT2D eigenvalue weighted by Gasteiger charge is -2.41. The first kappa shape index (κ1) is 13.0. The van der Waals surface area contributed by atoms with Gasteiger partial charge in [-0.2, -0.15) is 11.8 Å². The molecule has 98 valence electrons. The number of hydrogen-bond acceptors (Lipinski definition) is 4. The number of likely N-dealkylation sites (tertiary alicyclic amines) is 1. The molecule has 1 amide bonds. The number of nitrogens with zero attached hydrogens (tertiary/aromatic N) is 1. The van der Waals surface area contributed by atoms with Crippen molar-refractivity contribution in [3.63, 3.8) is 0 Å². The number of rotatable bonds is 2. The van der Waals surface area contributed by atoms with E-state index in [0.717, 1.165) is 13.1 Å². The molecule has 2 aliphatic heterocycles. The molecule has 4 nitrogen and oxygen atoms in total. The van der Waals surface area contributed by atoms with E-state index in [0.29, 0.717) is 12.1 Å². The normalized spacial score (nSPS) is 25.8. The van der Waals surface area contributed by atoms with E-state index in [4.69, 9.17) is 4.74 Å². The molecule has 2 fully saturated rings. The topological polar surface area (TPSA) is 41.6 Å². The summed E-state index contributed by atoms with van der Waals surface area (Å²) in [7, 11) is 0. The summed E-state index contributed by atoms with van der Waals surface area (Å²) in [5, 5.41) is 3.59. The van der Waals surface area contributed by atoms with Crippen molar-refractivity contribution in [1.82, 2.24) is 10.2 Å². The number of carbonyl (C=O) groups excluding carboxylic acids is 1. The Morgan fingerprint density at radius 2 is 2.06 bits per heavy atom. The number of hydrogen-bond donors (Lipinski definition) is 1. The van der Waals surface area contributed by atoms with Crippen LogP contribution in [0.2, 0.25) is 0 Å². The van der Waals surface area contributed by atoms with E-state index in [-0.39, 0.29) is 6.09 Å². The van der Waals surface area contributed by atoms with Gasteiger partial charge in [-0.05, 0) is 32.9 Å². The average Bonchev–Trinajstić information content (AvgIpc) is 2.59. The summed E-state index contributed by atoms with van der Waals surface area (Å²) < 4.78 is 5.32. The zero-order valence-electron chi connectivity index (χ0n) is 10.9. The number of thioether (sulfide) groups is 1. The second-order valence-electron chi connectivity index (χ2n) is 5.81. The van der Waals surface area contributed by atoms with Crippen LogP contribution in [0.25, 0.3) is 0 Å². The van der Waals surface area contributed by atoms with Crippen LogP contribution in [0.5, 0.6) is 0 Å². The van der Waals surface area contributed by atoms with Gasteiger partial charge in [-0.15, -0.1) is 0 Å². The zero-order valence-corrected chi connectivity index (χ0v) is 11.7. The van der Waals surface area contributed by atoms with Crippen molar-refractivity contribution < 1.29 is 9.53 Å². The Morgan fingerprint density at radius 1 is 1.35 bits per heavy atom. The summed E-state index contributed by atoms with van der Waals surface area (Å²) in [5.41, 5.74) is -0.391. The Labute approximate surface area is 107 Å². The van der Waals surface area contributed by atoms with E-state index >= 15 is 0 Å². The maximum Gasteiger partial charge on any atom is 0.410 e. The van der Waals surface area contributed by atoms with Gasteiger partial charge in [0.05, 0.1) is 0 Å². The van der Waals surface area contributed by atoms with Gasteiger partial charge in [0.25, 0.3) is 0 Å². The summed E-state index contributed by atoms with van der Waals surface area (Å²) in [6.45, 7) is 7.27. The monoisotopic (exact) mass is 258 g/mol. The number of nitrogens with one attached hydrogen (secondary N) is 1. The third kappa shape index (κ3) is 3.78. The first-order chi connectivity index (χ1) is 7.94. The molecule has 2 rings (SSSR count). The highest BCUT2D eigenvalue weighted by Gasteiger charge is 2.34. The SMILES string of the molecule is CC(C)(C)OC(=O)N1CC(NC2CCSC2)C1. The van der Waals surface area contributed by atoms with Crippen molar-refractivity contribution in [3.8, 4) is 0 Å². The summed E-state index contributed by atoms with van der Waals surface area (Å²) in [4.78, 5) is 13.5. The van der Waals surface area contributed by atoms with Crippen molar-refractivity contribution >= 4 is 17.9 Å². The van der Waals surface area contributed by atoms with Gasteiger partial charge in [-0.1, -0.05) is 0 Å². The van der Waals surface area contributed by atoms with Crippen LogP contribution < -0.4 is 5.32 Å². The van der Waals surface area contributed by atoms with Crippen molar-refractivity contribution in [2.75, 3.05) is 24.6 Å². The van der Waals surface area contributed by atoms with E-state index in [9.17, 15) is 4.79 Å². The maximum absolute atomic E-state index is 11.7. The van der Waals surface area contributed by atoms with Gasteiger partial charge in [0, 0.05) is 30.9 Å². The highest BCUT2D eigenvalue weighted by atomic mass is 32.2. The van der Waals surface area contributed by atoms with Crippen molar-refractivity contribution in [2.45, 2.75) is 44.9 Å². The molecular formula is C12H22N2O2S. The third-order valence-corrected chi connectivity index (χ3v) is 4.10. The lowest BCUT2D eigenvalue weighted by molar-refractivity contribution is 0.00445. The fraction of sp³-hybridized carbons (Fsp3) is 0.917. The van der Waals surface area contributed by atoms with Crippen LogP contribution in [0.3, 0.4) is 0 Å². The second-order valence-corrected chi connectivity index (χ2v) is 6.96. The Balaban J connectivity index is 1.66. The Hall–Kier alpha value is -0.420. The summed E-state index contributed by atoms with van der Waals surface area (Å²) in [6.07, 6.45) is 1.07. The van der Waals surface area contributed by atoms with Crippen LogP contribution in [-0.4, -0.2) is 53.3 Å². The van der Waals surface area contributed by atoms with E-state index in [1.54, 1.807) is 4.90 Å². The van der Waals surface area contributed by atoms with Crippen molar-refractivity contribution in [1.29, 1.82) is 0 Å². The fourth-order valence-electron chi connectivity index (χ4n) is 2.06. The van der Waals surface area contributed by atoms with Crippen LogP contribution in [-0.2, 0) is 4.74 Å². The van der Waals surface area contributed by atoms with Gasteiger partial charge in [0.1, 0.15) is 5.60 Å². The minimum atomic E-state index is -0.391. The lowest BCUT2D eigenvalue weighted by Crippen LogP contribution is -2.62. The first-order valence-corrected chi connectivity index (χ1v) is 7.41. The minimum absolute atomic E-state index is 0.184. The van der Waals surface area contributed by atoms with Crippen LogP contribution in [0.4, 0.5) is 4.79 Å². The largest absolute Gasteiger partial charge is 0.444 e. The average molecular weight is 258 g/mol. The molecule has 1 unspecified atom stereocenters. The standard InChI is InChI=1S/C12H22N2O2S/c1-12(2,3)16-11(15)14-6-10(7-14)13-9-4-5-17-8-9/h9-10,13H,4-8H2,1-3H3. The van der Waals surface area contributed by atoms with Crippen molar-refractivity contribution in [2.24, 2.45) is 0 Å². The van der Waals surface area contributed by atoms with Gasteiger partial charge in [-0.25, -0.2) is 4.79 Å². The molecule has 0 radical (unpaired) electrons. The van der Waals surface area contributed by atoms with Crippen LogP contribution in [0, 0.1) is 0 Å². The molecule has 1 atom stereocenters. The molecule has 5 heteroatoms. The number of carbonyl (C=O) groups is 1. The predicted molar refractivity (Wildman–Crippen MR) is 70.5 cm³/mol. The highest BCUT2D eigenvalue weighted by molar-refractivity contribution is 7.99. The molecule has 17 heavy (non-hydrogen) atoms. The maximum atomic E-state index is 11.7. The Kier molecular flexibility index (Phi) is 3.88. The van der Waals surface area contributed by atoms with Crippen molar-refractivity contribution in [3.05, 3.63) is 0 Å². The minimum Gasteiger partial charge on any atom is -0.444 e. The van der Waals surface area contributed by atoms with E-state index < -0.39 is 5.60 Å². The molecule has 0 saturated carbocycles. The predicted octanol–water partition coefficient (Wildman–Crippen LogP) is 1.70. The molecule has 2 heterocycles. The van der Waals surface area contributed by atoms with E-state index in [1.807, 2.05) is 32.5 Å². The molecule has 2 aliphatic rings. The smallest absolute Gasteiger partial charge is 0.410 e. The van der Waals surface area contributed by atoms with E-state index in [2.05, 4.69) is 5.32 Å². The molecule has 1 N–H and O–H groups in total. The van der Waals surface area contributed by atoms with Gasteiger partial charge in [0.15, 0.2) is 0 Å². The molecule has 0 bridgehead atoms. The molecule has 0 aromatic rings. The molecule has 0 aromatic carbocycles. The summed E-state index contributed by atoms with van der Waals surface area (Å²) >= 11 is 2.01. The lowest BCUT2D eigenvalue weighted by atomic mass is 10.1. The van der Waals surface area contributed by atoms with Gasteiger partial charge in [0.2, 0.25) is 0 Å². The summed E-state index contributed by atoms with van der Waals surface area (Å²) in [6, 6.07) is 1.11. The molecule has 2 saturated heterocycles. The van der Waals surface area contributed by atoms with Gasteiger partial charge in [-0.3, -0.25) is 0 Å². The van der Waals surface area contributed by atoms with Gasteiger partial charge >= 0.3 is 6.09 Å². The molecule has 0 aromatic heterocycles. The Bertz CT molecular complexity index is 279.